The van der Waals surface area contributed by atoms with E-state index in [1.165, 1.54) is 9.58 Å². The fourth-order valence-corrected chi connectivity index (χ4v) is 6.17. The number of hydrogen-bond donors (Lipinski definition) is 2. The van der Waals surface area contributed by atoms with Gasteiger partial charge in [0.1, 0.15) is 6.04 Å². The molecule has 1 saturated carbocycles. The number of amides is 4. The molecule has 0 bridgehead atoms. The van der Waals surface area contributed by atoms with Gasteiger partial charge in [-0.1, -0.05) is 11.6 Å². The van der Waals surface area contributed by atoms with Gasteiger partial charge in [0.05, 0.1) is 11.9 Å². The van der Waals surface area contributed by atoms with Gasteiger partial charge in [-0.15, -0.1) is 5.10 Å². The van der Waals surface area contributed by atoms with Crippen molar-refractivity contribution in [2.75, 3.05) is 13.2 Å². The predicted octanol–water partition coefficient (Wildman–Crippen LogP) is 1.11. The first kappa shape index (κ1) is 22.8. The van der Waals surface area contributed by atoms with Crippen molar-refractivity contribution in [1.82, 2.24) is 30.5 Å². The van der Waals surface area contributed by atoms with Gasteiger partial charge < -0.3 is 15.0 Å². The highest BCUT2D eigenvalue weighted by atomic mass is 16.5. The zero-order chi connectivity index (χ0) is 24.9. The third kappa shape index (κ3) is 3.87. The minimum absolute atomic E-state index is 0.114. The maximum Gasteiger partial charge on any atom is 0.273 e. The third-order valence-electron chi connectivity index (χ3n) is 8.20. The SMILES string of the molecule is O=C1CCC(N2Cc3cc(-n4cc(C(=O)NC5CCCC56CCOCC6)nn4)ccc3C2=O)C(=O)N1. The molecule has 11 nitrogen and oxygen atoms in total. The maximum atomic E-state index is 13.0. The Morgan fingerprint density at radius 3 is 2.78 bits per heavy atom. The van der Waals surface area contributed by atoms with Gasteiger partial charge in [0.25, 0.3) is 11.8 Å². The van der Waals surface area contributed by atoms with Crippen molar-refractivity contribution in [1.29, 1.82) is 0 Å². The summed E-state index contributed by atoms with van der Waals surface area (Å²) in [5.74, 6) is -1.23. The average Bonchev–Trinajstić information content (AvgIpc) is 3.58. The lowest BCUT2D eigenvalue weighted by atomic mass is 9.75. The van der Waals surface area contributed by atoms with E-state index in [2.05, 4.69) is 20.9 Å². The molecule has 36 heavy (non-hydrogen) atoms. The van der Waals surface area contributed by atoms with Crippen LogP contribution in [0.3, 0.4) is 0 Å². The predicted molar refractivity (Wildman–Crippen MR) is 125 cm³/mol. The van der Waals surface area contributed by atoms with E-state index in [1.807, 2.05) is 6.07 Å². The molecule has 1 spiro atoms. The highest BCUT2D eigenvalue weighted by Crippen LogP contribution is 2.46. The molecule has 3 fully saturated rings. The number of aromatic nitrogens is 3. The Hall–Kier alpha value is -3.60. The van der Waals surface area contributed by atoms with Crippen molar-refractivity contribution in [2.24, 2.45) is 5.41 Å². The van der Waals surface area contributed by atoms with Gasteiger partial charge in [-0.3, -0.25) is 24.5 Å². The van der Waals surface area contributed by atoms with E-state index in [0.29, 0.717) is 17.7 Å². The third-order valence-corrected chi connectivity index (χ3v) is 8.20. The van der Waals surface area contributed by atoms with Gasteiger partial charge in [-0.05, 0) is 61.3 Å². The summed E-state index contributed by atoms with van der Waals surface area (Å²) < 4.78 is 7.06. The molecule has 2 saturated heterocycles. The lowest BCUT2D eigenvalue weighted by Crippen LogP contribution is -2.52. The molecule has 4 aliphatic rings. The summed E-state index contributed by atoms with van der Waals surface area (Å²) in [6.45, 7) is 1.75. The van der Waals surface area contributed by atoms with E-state index in [0.717, 1.165) is 50.9 Å². The second kappa shape index (κ2) is 8.81. The Labute approximate surface area is 207 Å². The van der Waals surface area contributed by atoms with Gasteiger partial charge in [0.15, 0.2) is 5.69 Å². The number of rotatable bonds is 4. The minimum atomic E-state index is -0.665. The van der Waals surface area contributed by atoms with E-state index < -0.39 is 11.9 Å². The van der Waals surface area contributed by atoms with E-state index in [1.54, 1.807) is 18.3 Å². The van der Waals surface area contributed by atoms with Crippen LogP contribution in [0.2, 0.25) is 0 Å². The Morgan fingerprint density at radius 1 is 1.14 bits per heavy atom. The summed E-state index contributed by atoms with van der Waals surface area (Å²) in [4.78, 5) is 51.2. The summed E-state index contributed by atoms with van der Waals surface area (Å²) >= 11 is 0. The van der Waals surface area contributed by atoms with Crippen LogP contribution in [0.25, 0.3) is 5.69 Å². The first-order valence-electron chi connectivity index (χ1n) is 12.5. The van der Waals surface area contributed by atoms with Crippen LogP contribution in [0.5, 0.6) is 0 Å². The molecule has 4 heterocycles. The van der Waals surface area contributed by atoms with Gasteiger partial charge in [0, 0.05) is 37.8 Å². The summed E-state index contributed by atoms with van der Waals surface area (Å²) in [7, 11) is 0. The van der Waals surface area contributed by atoms with Gasteiger partial charge >= 0.3 is 0 Å². The number of fused-ring (bicyclic) bond motifs is 1. The van der Waals surface area contributed by atoms with Crippen molar-refractivity contribution >= 4 is 23.6 Å². The molecule has 11 heteroatoms. The number of carbonyl (C=O) groups is 4. The van der Waals surface area contributed by atoms with Crippen molar-refractivity contribution < 1.29 is 23.9 Å². The maximum absolute atomic E-state index is 13.0. The Kier molecular flexibility index (Phi) is 5.59. The van der Waals surface area contributed by atoms with Gasteiger partial charge in [-0.25, -0.2) is 4.68 Å². The fraction of sp³-hybridized carbons (Fsp3) is 0.520. The summed E-state index contributed by atoms with van der Waals surface area (Å²) in [6.07, 6.45) is 7.22. The van der Waals surface area contributed by atoms with Crippen LogP contribution in [0.4, 0.5) is 0 Å². The van der Waals surface area contributed by atoms with E-state index in [-0.39, 0.29) is 47.8 Å². The molecule has 1 aliphatic carbocycles. The molecule has 2 N–H and O–H groups in total. The van der Waals surface area contributed by atoms with Crippen LogP contribution in [0.1, 0.15) is 71.4 Å². The average molecular weight is 493 g/mol. The van der Waals surface area contributed by atoms with Gasteiger partial charge in [-0.2, -0.15) is 0 Å². The molecule has 3 aliphatic heterocycles. The number of imide groups is 1. The van der Waals surface area contributed by atoms with E-state index in [4.69, 9.17) is 4.74 Å². The number of hydrogen-bond acceptors (Lipinski definition) is 7. The number of ether oxygens (including phenoxy) is 1. The smallest absolute Gasteiger partial charge is 0.273 e. The zero-order valence-electron chi connectivity index (χ0n) is 19.9. The van der Waals surface area contributed by atoms with Crippen LogP contribution < -0.4 is 10.6 Å². The molecule has 0 radical (unpaired) electrons. The van der Waals surface area contributed by atoms with Crippen molar-refractivity contribution in [3.8, 4) is 5.69 Å². The lowest BCUT2D eigenvalue weighted by Gasteiger charge is -2.39. The molecular weight excluding hydrogens is 464 g/mol. The monoisotopic (exact) mass is 492 g/mol. The second-order valence-electron chi connectivity index (χ2n) is 10.2. The molecule has 4 amide bonds. The summed E-state index contributed by atoms with van der Waals surface area (Å²) in [5, 5.41) is 13.7. The fourth-order valence-electron chi connectivity index (χ4n) is 6.17. The lowest BCUT2D eigenvalue weighted by molar-refractivity contribution is -0.136. The first-order valence-corrected chi connectivity index (χ1v) is 12.5. The number of piperidine rings is 1. The molecule has 1 aromatic heterocycles. The zero-order valence-corrected chi connectivity index (χ0v) is 19.9. The van der Waals surface area contributed by atoms with Gasteiger partial charge in [0.2, 0.25) is 11.8 Å². The van der Waals surface area contributed by atoms with Crippen molar-refractivity contribution in [2.45, 2.75) is 63.6 Å². The highest BCUT2D eigenvalue weighted by Gasteiger charge is 2.44. The second-order valence-corrected chi connectivity index (χ2v) is 10.2. The van der Waals surface area contributed by atoms with Crippen molar-refractivity contribution in [3.05, 3.63) is 41.2 Å². The van der Waals surface area contributed by atoms with Crippen LogP contribution >= 0.6 is 0 Å². The quantitative estimate of drug-likeness (QED) is 0.610. The van der Waals surface area contributed by atoms with Crippen LogP contribution in [0, 0.1) is 5.41 Å². The topological polar surface area (TPSA) is 136 Å². The molecule has 6 rings (SSSR count). The van der Waals surface area contributed by atoms with Crippen LogP contribution in [-0.4, -0.2) is 68.8 Å². The Bertz CT molecular complexity index is 1250. The normalized spacial score (nSPS) is 25.2. The van der Waals surface area contributed by atoms with Crippen LogP contribution in [0.15, 0.2) is 24.4 Å². The molecule has 1 aromatic carbocycles. The Balaban J connectivity index is 1.16. The van der Waals surface area contributed by atoms with E-state index in [9.17, 15) is 19.2 Å². The summed E-state index contributed by atoms with van der Waals surface area (Å²) in [6, 6.07) is 4.72. The number of nitrogens with one attached hydrogen (secondary N) is 2. The molecule has 2 aromatic rings. The molecular formula is C25H28N6O5. The van der Waals surface area contributed by atoms with Crippen molar-refractivity contribution in [3.63, 3.8) is 0 Å². The molecule has 2 atom stereocenters. The summed E-state index contributed by atoms with van der Waals surface area (Å²) in [5.41, 5.74) is 2.30. The number of benzene rings is 1. The largest absolute Gasteiger partial charge is 0.381 e. The minimum Gasteiger partial charge on any atom is -0.381 e. The first-order chi connectivity index (χ1) is 17.4. The number of nitrogens with zero attached hydrogens (tertiary/aromatic N) is 4. The number of carbonyl (C=O) groups excluding carboxylic acids is 4. The standard InChI is InChI=1S/C25H28N6O5/c32-21-6-5-19(23(34)27-21)30-13-15-12-16(3-4-17(15)24(30)35)31-14-18(28-29-31)22(33)26-20-2-1-7-25(20)8-10-36-11-9-25/h3-4,12,14,19-20H,1-2,5-11,13H2,(H,26,33)(H,27,32,34). The van der Waals surface area contributed by atoms with E-state index >= 15 is 0 Å². The highest BCUT2D eigenvalue weighted by molar-refractivity contribution is 6.05. The van der Waals surface area contributed by atoms with Crippen LogP contribution in [-0.2, 0) is 20.9 Å². The molecule has 2 unspecified atom stereocenters. The molecule has 188 valence electrons. The Morgan fingerprint density at radius 2 is 1.97 bits per heavy atom.